The standard InChI is InChI=1S/C9H13N3O/c1-3-8(10)12-9(13)7-4-6(2)5-11-7/h4-5,11H,3H2,1-2H3,(H2,10,12,13). The first kappa shape index (κ1) is 9.51. The predicted octanol–water partition coefficient (Wildman–Crippen LogP) is 1.23. The summed E-state index contributed by atoms with van der Waals surface area (Å²) in [5.74, 6) is 0.0460. The minimum atomic E-state index is -0.313. The number of amides is 1. The maximum Gasteiger partial charge on any atom is 0.295 e. The average Bonchev–Trinajstić information content (AvgIpc) is 2.51. The highest BCUT2D eigenvalue weighted by atomic mass is 16.1. The van der Waals surface area contributed by atoms with Crippen molar-refractivity contribution in [1.82, 2.24) is 4.98 Å². The number of rotatable bonds is 2. The molecule has 0 saturated carbocycles. The lowest BCUT2D eigenvalue weighted by atomic mass is 10.3. The van der Waals surface area contributed by atoms with Crippen LogP contribution in [0.3, 0.4) is 0 Å². The molecule has 1 rings (SSSR count). The third-order valence-corrected chi connectivity index (χ3v) is 1.67. The highest BCUT2D eigenvalue weighted by Gasteiger charge is 2.05. The zero-order valence-corrected chi connectivity index (χ0v) is 7.79. The van der Waals surface area contributed by atoms with Crippen LogP contribution >= 0.6 is 0 Å². The lowest BCUT2D eigenvalue weighted by molar-refractivity contribution is 0.0998. The molecular weight excluding hydrogens is 166 g/mol. The Hall–Kier alpha value is -1.58. The van der Waals surface area contributed by atoms with E-state index in [2.05, 4.69) is 9.98 Å². The van der Waals surface area contributed by atoms with Gasteiger partial charge in [0.1, 0.15) is 11.5 Å². The van der Waals surface area contributed by atoms with Gasteiger partial charge in [0.2, 0.25) is 0 Å². The largest absolute Gasteiger partial charge is 0.387 e. The highest BCUT2D eigenvalue weighted by molar-refractivity contribution is 6.01. The molecule has 0 unspecified atom stereocenters. The number of aromatic amines is 1. The Kier molecular flexibility index (Phi) is 2.84. The number of hydrogen-bond donors (Lipinski definition) is 2. The fraction of sp³-hybridized carbons (Fsp3) is 0.333. The number of hydrogen-bond acceptors (Lipinski definition) is 1. The third-order valence-electron chi connectivity index (χ3n) is 1.67. The summed E-state index contributed by atoms with van der Waals surface area (Å²) >= 11 is 0. The molecule has 0 fully saturated rings. The molecule has 1 aromatic heterocycles. The first-order chi connectivity index (χ1) is 6.13. The SMILES string of the molecule is CCC(N)=NC(=O)c1cc(C)c[nH]1. The van der Waals surface area contributed by atoms with E-state index in [1.807, 2.05) is 13.8 Å². The summed E-state index contributed by atoms with van der Waals surface area (Å²) in [4.78, 5) is 17.9. The summed E-state index contributed by atoms with van der Waals surface area (Å²) < 4.78 is 0. The van der Waals surface area contributed by atoms with E-state index in [9.17, 15) is 4.79 Å². The highest BCUT2D eigenvalue weighted by Crippen LogP contribution is 2.03. The first-order valence-electron chi connectivity index (χ1n) is 4.16. The Balaban J connectivity index is 2.80. The van der Waals surface area contributed by atoms with Crippen molar-refractivity contribution >= 4 is 11.7 Å². The minimum Gasteiger partial charge on any atom is -0.387 e. The van der Waals surface area contributed by atoms with Gasteiger partial charge in [0.25, 0.3) is 5.91 Å². The normalized spacial score (nSPS) is 11.7. The molecule has 0 radical (unpaired) electrons. The van der Waals surface area contributed by atoms with Gasteiger partial charge < -0.3 is 10.7 Å². The molecule has 3 N–H and O–H groups in total. The van der Waals surface area contributed by atoms with Gasteiger partial charge >= 0.3 is 0 Å². The second kappa shape index (κ2) is 3.89. The predicted molar refractivity (Wildman–Crippen MR) is 51.8 cm³/mol. The van der Waals surface area contributed by atoms with Gasteiger partial charge in [0.05, 0.1) is 0 Å². The van der Waals surface area contributed by atoms with Crippen LogP contribution in [0.25, 0.3) is 0 Å². The van der Waals surface area contributed by atoms with Crippen molar-refractivity contribution in [1.29, 1.82) is 0 Å². The number of aromatic nitrogens is 1. The van der Waals surface area contributed by atoms with E-state index in [0.29, 0.717) is 18.0 Å². The molecule has 0 spiro atoms. The molecular formula is C9H13N3O. The zero-order chi connectivity index (χ0) is 9.84. The summed E-state index contributed by atoms with van der Waals surface area (Å²) in [5.41, 5.74) is 6.92. The van der Waals surface area contributed by atoms with Crippen molar-refractivity contribution in [2.24, 2.45) is 10.7 Å². The van der Waals surface area contributed by atoms with Crippen molar-refractivity contribution in [2.45, 2.75) is 20.3 Å². The molecule has 1 amide bonds. The molecule has 70 valence electrons. The van der Waals surface area contributed by atoms with Crippen LogP contribution in [0.1, 0.15) is 29.4 Å². The Bertz CT molecular complexity index is 338. The molecule has 1 heterocycles. The Morgan fingerprint density at radius 3 is 2.85 bits per heavy atom. The van der Waals surface area contributed by atoms with Gasteiger partial charge in [-0.15, -0.1) is 0 Å². The number of carbonyl (C=O) groups excluding carboxylic acids is 1. The van der Waals surface area contributed by atoms with Gasteiger partial charge in [0.15, 0.2) is 0 Å². The Morgan fingerprint density at radius 2 is 2.38 bits per heavy atom. The molecule has 1 aromatic rings. The zero-order valence-electron chi connectivity index (χ0n) is 7.79. The maximum atomic E-state index is 11.3. The van der Waals surface area contributed by atoms with Crippen LogP contribution in [0.2, 0.25) is 0 Å². The lowest BCUT2D eigenvalue weighted by Gasteiger charge is -1.93. The third kappa shape index (κ3) is 2.43. The molecule has 0 aliphatic rings. The average molecular weight is 179 g/mol. The fourth-order valence-corrected chi connectivity index (χ4v) is 0.896. The first-order valence-corrected chi connectivity index (χ1v) is 4.16. The van der Waals surface area contributed by atoms with E-state index < -0.39 is 0 Å². The molecule has 4 heteroatoms. The number of aliphatic imine (C=N–C) groups is 1. The van der Waals surface area contributed by atoms with Gasteiger partial charge in [-0.05, 0) is 18.6 Å². The van der Waals surface area contributed by atoms with E-state index in [1.165, 1.54) is 0 Å². The summed E-state index contributed by atoms with van der Waals surface area (Å²) in [6.07, 6.45) is 2.34. The van der Waals surface area contributed by atoms with E-state index in [1.54, 1.807) is 12.3 Å². The van der Waals surface area contributed by atoms with Crippen molar-refractivity contribution < 1.29 is 4.79 Å². The second-order valence-electron chi connectivity index (χ2n) is 2.85. The van der Waals surface area contributed by atoms with Gasteiger partial charge in [-0.2, -0.15) is 4.99 Å². The van der Waals surface area contributed by atoms with Crippen LogP contribution in [0.15, 0.2) is 17.3 Å². The summed E-state index contributed by atoms with van der Waals surface area (Å²) in [6, 6.07) is 1.74. The van der Waals surface area contributed by atoms with E-state index in [0.717, 1.165) is 5.56 Å². The number of carbonyl (C=O) groups is 1. The van der Waals surface area contributed by atoms with Crippen LogP contribution in [0.4, 0.5) is 0 Å². The molecule has 0 bridgehead atoms. The van der Waals surface area contributed by atoms with Crippen LogP contribution in [0, 0.1) is 6.92 Å². The molecule has 4 nitrogen and oxygen atoms in total. The fourth-order valence-electron chi connectivity index (χ4n) is 0.896. The molecule has 0 aliphatic carbocycles. The van der Waals surface area contributed by atoms with Gasteiger partial charge in [-0.1, -0.05) is 6.92 Å². The van der Waals surface area contributed by atoms with Crippen LogP contribution < -0.4 is 5.73 Å². The number of aryl methyl sites for hydroxylation is 1. The smallest absolute Gasteiger partial charge is 0.295 e. The quantitative estimate of drug-likeness (QED) is 0.529. The van der Waals surface area contributed by atoms with E-state index in [4.69, 9.17) is 5.73 Å². The van der Waals surface area contributed by atoms with Gasteiger partial charge in [0, 0.05) is 12.6 Å². The van der Waals surface area contributed by atoms with Crippen molar-refractivity contribution in [3.8, 4) is 0 Å². The van der Waals surface area contributed by atoms with Crippen molar-refractivity contribution in [3.05, 3.63) is 23.5 Å². The molecule has 13 heavy (non-hydrogen) atoms. The molecule has 0 atom stereocenters. The lowest BCUT2D eigenvalue weighted by Crippen LogP contribution is -2.12. The summed E-state index contributed by atoms with van der Waals surface area (Å²) in [7, 11) is 0. The summed E-state index contributed by atoms with van der Waals surface area (Å²) in [6.45, 7) is 3.76. The van der Waals surface area contributed by atoms with E-state index in [-0.39, 0.29) is 5.91 Å². The van der Waals surface area contributed by atoms with Crippen molar-refractivity contribution in [2.75, 3.05) is 0 Å². The van der Waals surface area contributed by atoms with E-state index >= 15 is 0 Å². The van der Waals surface area contributed by atoms with Gasteiger partial charge in [-0.25, -0.2) is 0 Å². The van der Waals surface area contributed by atoms with Gasteiger partial charge in [-0.3, -0.25) is 4.79 Å². The number of amidine groups is 1. The number of nitrogens with zero attached hydrogens (tertiary/aromatic N) is 1. The van der Waals surface area contributed by atoms with Crippen LogP contribution in [-0.2, 0) is 0 Å². The Morgan fingerprint density at radius 1 is 1.69 bits per heavy atom. The Labute approximate surface area is 76.9 Å². The van der Waals surface area contributed by atoms with Crippen LogP contribution in [0.5, 0.6) is 0 Å². The number of nitrogens with one attached hydrogen (secondary N) is 1. The summed E-state index contributed by atoms with van der Waals surface area (Å²) in [5, 5.41) is 0. The molecule has 0 aliphatic heterocycles. The molecule has 0 saturated heterocycles. The van der Waals surface area contributed by atoms with Crippen molar-refractivity contribution in [3.63, 3.8) is 0 Å². The maximum absolute atomic E-state index is 11.3. The molecule has 0 aromatic carbocycles. The van der Waals surface area contributed by atoms with Crippen LogP contribution in [-0.4, -0.2) is 16.7 Å². The second-order valence-corrected chi connectivity index (χ2v) is 2.85. The topological polar surface area (TPSA) is 71.2 Å². The number of nitrogens with two attached hydrogens (primary N) is 1. The monoisotopic (exact) mass is 179 g/mol. The minimum absolute atomic E-state index is 0.313. The number of H-pyrrole nitrogens is 1.